The highest BCUT2D eigenvalue weighted by Gasteiger charge is 2.35. The van der Waals surface area contributed by atoms with E-state index in [9.17, 15) is 18.0 Å². The molecule has 1 unspecified atom stereocenters. The van der Waals surface area contributed by atoms with Crippen LogP contribution in [0, 0.1) is 5.92 Å². The molecule has 1 aromatic carbocycles. The first-order valence-corrected chi connectivity index (χ1v) is 6.12. The maximum Gasteiger partial charge on any atom is 0.418 e. The van der Waals surface area contributed by atoms with Crippen LogP contribution in [-0.4, -0.2) is 18.9 Å². The molecule has 3 nitrogen and oxygen atoms in total. The Bertz CT molecular complexity index is 479. The number of hydrogen-bond donors (Lipinski definition) is 2. The Kier molecular flexibility index (Phi) is 3.80. The summed E-state index contributed by atoms with van der Waals surface area (Å²) in [5, 5.41) is 3.07. The number of alkyl halides is 3. The minimum Gasteiger partial charge on any atom is -0.398 e. The molecule has 2 rings (SSSR count). The molecular formula is C13H15F3N2O. The Morgan fingerprint density at radius 2 is 2.11 bits per heavy atom. The fourth-order valence-electron chi connectivity index (χ4n) is 2.32. The molecule has 0 amide bonds. The standard InChI is InChI=1S/C13H15F3N2O/c14-13(15,16)10-5-1-4-9(11(10)17)12(19)8-3-2-6-18-7-8/h1,4-5,8,18H,2-3,6-7,17H2. The molecule has 0 bridgehead atoms. The van der Waals surface area contributed by atoms with Gasteiger partial charge in [0, 0.05) is 18.0 Å². The number of hydrogen-bond acceptors (Lipinski definition) is 3. The van der Waals surface area contributed by atoms with Crippen LogP contribution >= 0.6 is 0 Å². The Hall–Kier alpha value is -1.56. The number of Topliss-reactive ketones (excluding diaryl/α,β-unsaturated/α-hetero) is 1. The van der Waals surface area contributed by atoms with Gasteiger partial charge >= 0.3 is 6.18 Å². The van der Waals surface area contributed by atoms with Gasteiger partial charge < -0.3 is 11.1 Å². The summed E-state index contributed by atoms with van der Waals surface area (Å²) in [5.41, 5.74) is 4.08. The molecular weight excluding hydrogens is 257 g/mol. The molecule has 1 aliphatic heterocycles. The van der Waals surface area contributed by atoms with Gasteiger partial charge in [-0.1, -0.05) is 6.07 Å². The van der Waals surface area contributed by atoms with E-state index in [1.807, 2.05) is 0 Å². The van der Waals surface area contributed by atoms with Crippen LogP contribution in [0.1, 0.15) is 28.8 Å². The summed E-state index contributed by atoms with van der Waals surface area (Å²) in [6.45, 7) is 1.33. The highest BCUT2D eigenvalue weighted by Crippen LogP contribution is 2.35. The Morgan fingerprint density at radius 3 is 2.68 bits per heavy atom. The van der Waals surface area contributed by atoms with E-state index in [1.165, 1.54) is 12.1 Å². The molecule has 19 heavy (non-hydrogen) atoms. The first-order chi connectivity index (χ1) is 8.91. The predicted molar refractivity (Wildman–Crippen MR) is 65.8 cm³/mol. The maximum absolute atomic E-state index is 12.7. The molecule has 0 saturated carbocycles. The van der Waals surface area contributed by atoms with E-state index < -0.39 is 17.4 Å². The van der Waals surface area contributed by atoms with E-state index in [0.717, 1.165) is 19.0 Å². The van der Waals surface area contributed by atoms with Crippen molar-refractivity contribution in [2.45, 2.75) is 19.0 Å². The molecule has 3 N–H and O–H groups in total. The number of nitrogens with one attached hydrogen (secondary N) is 1. The number of carbonyl (C=O) groups excluding carboxylic acids is 1. The number of carbonyl (C=O) groups is 1. The molecule has 0 aromatic heterocycles. The summed E-state index contributed by atoms with van der Waals surface area (Å²) in [6, 6.07) is 3.48. The van der Waals surface area contributed by atoms with Crippen molar-refractivity contribution in [1.29, 1.82) is 0 Å². The molecule has 1 aliphatic rings. The molecule has 1 atom stereocenters. The zero-order valence-corrected chi connectivity index (χ0v) is 10.3. The van der Waals surface area contributed by atoms with Crippen molar-refractivity contribution in [1.82, 2.24) is 5.32 Å². The summed E-state index contributed by atoms with van der Waals surface area (Å²) in [6.07, 6.45) is -3.01. The Labute approximate surface area is 109 Å². The number of nitrogens with two attached hydrogens (primary N) is 1. The predicted octanol–water partition coefficient (Wildman–Crippen LogP) is 2.47. The number of piperidine rings is 1. The lowest BCUT2D eigenvalue weighted by Gasteiger charge is -2.22. The lowest BCUT2D eigenvalue weighted by Crippen LogP contribution is -2.34. The zero-order valence-electron chi connectivity index (χ0n) is 10.3. The van der Waals surface area contributed by atoms with Crippen molar-refractivity contribution in [2.24, 2.45) is 5.92 Å². The second-order valence-electron chi connectivity index (χ2n) is 4.67. The zero-order chi connectivity index (χ0) is 14.0. The quantitative estimate of drug-likeness (QED) is 0.642. The second-order valence-corrected chi connectivity index (χ2v) is 4.67. The molecule has 0 radical (unpaired) electrons. The van der Waals surface area contributed by atoms with Gasteiger partial charge in [0.25, 0.3) is 0 Å². The lowest BCUT2D eigenvalue weighted by atomic mass is 9.89. The summed E-state index contributed by atoms with van der Waals surface area (Å²) in [4.78, 5) is 12.2. The second kappa shape index (κ2) is 5.21. The molecule has 1 aromatic rings. The van der Waals surface area contributed by atoms with E-state index in [2.05, 4.69) is 5.32 Å². The summed E-state index contributed by atoms with van der Waals surface area (Å²) in [7, 11) is 0. The number of ketones is 1. The smallest absolute Gasteiger partial charge is 0.398 e. The Morgan fingerprint density at radius 1 is 1.37 bits per heavy atom. The van der Waals surface area contributed by atoms with Crippen LogP contribution in [0.25, 0.3) is 0 Å². The molecule has 1 fully saturated rings. The van der Waals surface area contributed by atoms with E-state index in [4.69, 9.17) is 5.73 Å². The van der Waals surface area contributed by atoms with Crippen molar-refractivity contribution in [2.75, 3.05) is 18.8 Å². The van der Waals surface area contributed by atoms with Gasteiger partial charge in [0.15, 0.2) is 5.78 Å². The van der Waals surface area contributed by atoms with E-state index >= 15 is 0 Å². The lowest BCUT2D eigenvalue weighted by molar-refractivity contribution is -0.136. The number of benzene rings is 1. The van der Waals surface area contributed by atoms with Crippen LogP contribution < -0.4 is 11.1 Å². The molecule has 104 valence electrons. The maximum atomic E-state index is 12.7. The molecule has 1 heterocycles. The largest absolute Gasteiger partial charge is 0.418 e. The van der Waals surface area contributed by atoms with Gasteiger partial charge in [-0.3, -0.25) is 4.79 Å². The average Bonchev–Trinajstić information content (AvgIpc) is 2.38. The van der Waals surface area contributed by atoms with E-state index in [0.29, 0.717) is 13.0 Å². The first-order valence-electron chi connectivity index (χ1n) is 6.12. The van der Waals surface area contributed by atoms with Crippen LogP contribution in [-0.2, 0) is 6.18 Å². The molecule has 0 aliphatic carbocycles. The third kappa shape index (κ3) is 2.89. The third-order valence-electron chi connectivity index (χ3n) is 3.34. The Balaban J connectivity index is 2.32. The van der Waals surface area contributed by atoms with Crippen molar-refractivity contribution in [3.63, 3.8) is 0 Å². The van der Waals surface area contributed by atoms with Gasteiger partial charge in [-0.25, -0.2) is 0 Å². The van der Waals surface area contributed by atoms with Crippen LogP contribution in [0.15, 0.2) is 18.2 Å². The van der Waals surface area contributed by atoms with Gasteiger partial charge in [-0.15, -0.1) is 0 Å². The summed E-state index contributed by atoms with van der Waals surface area (Å²) >= 11 is 0. The van der Waals surface area contributed by atoms with Gasteiger partial charge in [-0.2, -0.15) is 13.2 Å². The van der Waals surface area contributed by atoms with Gasteiger partial charge in [0.1, 0.15) is 0 Å². The highest BCUT2D eigenvalue weighted by atomic mass is 19.4. The molecule has 0 spiro atoms. The minimum atomic E-state index is -4.54. The fourth-order valence-corrected chi connectivity index (χ4v) is 2.32. The van der Waals surface area contributed by atoms with E-state index in [1.54, 1.807) is 0 Å². The van der Waals surface area contributed by atoms with Crippen LogP contribution in [0.5, 0.6) is 0 Å². The number of para-hydroxylation sites is 1. The SMILES string of the molecule is Nc1c(C(=O)C2CCCNC2)cccc1C(F)(F)F. The first kappa shape index (κ1) is 13.9. The summed E-state index contributed by atoms with van der Waals surface area (Å²) < 4.78 is 38.2. The normalized spacial score (nSPS) is 20.3. The molecule has 1 saturated heterocycles. The third-order valence-corrected chi connectivity index (χ3v) is 3.34. The van der Waals surface area contributed by atoms with Crippen LogP contribution in [0.4, 0.5) is 18.9 Å². The van der Waals surface area contributed by atoms with Gasteiger partial charge in [0.05, 0.1) is 11.3 Å². The van der Waals surface area contributed by atoms with Crippen molar-refractivity contribution in [3.05, 3.63) is 29.3 Å². The summed E-state index contributed by atoms with van der Waals surface area (Å²) in [5.74, 6) is -0.602. The minimum absolute atomic E-state index is 0.0245. The van der Waals surface area contributed by atoms with Crippen molar-refractivity contribution < 1.29 is 18.0 Å². The average molecular weight is 272 g/mol. The topological polar surface area (TPSA) is 55.1 Å². The fraction of sp³-hybridized carbons (Fsp3) is 0.462. The van der Waals surface area contributed by atoms with Gasteiger partial charge in [0.2, 0.25) is 0 Å². The number of nitrogen functional groups attached to an aromatic ring is 1. The molecule has 6 heteroatoms. The van der Waals surface area contributed by atoms with Crippen molar-refractivity contribution in [3.8, 4) is 0 Å². The number of halogens is 3. The monoisotopic (exact) mass is 272 g/mol. The number of anilines is 1. The number of rotatable bonds is 2. The van der Waals surface area contributed by atoms with Crippen molar-refractivity contribution >= 4 is 11.5 Å². The van der Waals surface area contributed by atoms with Crippen LogP contribution in [0.3, 0.4) is 0 Å². The van der Waals surface area contributed by atoms with E-state index in [-0.39, 0.29) is 17.3 Å². The van der Waals surface area contributed by atoms with Crippen LogP contribution in [0.2, 0.25) is 0 Å². The highest BCUT2D eigenvalue weighted by molar-refractivity contribution is 6.03. The van der Waals surface area contributed by atoms with Gasteiger partial charge in [-0.05, 0) is 31.5 Å².